The maximum atomic E-state index is 13.4. The van der Waals surface area contributed by atoms with E-state index in [2.05, 4.69) is 148 Å². The summed E-state index contributed by atoms with van der Waals surface area (Å²) in [7, 11) is 0. The van der Waals surface area contributed by atoms with Crippen LogP contribution in [0.4, 0.5) is 0 Å². The standard InChI is InChI=1S/C72H119NO10/c1-4-7-10-13-16-19-22-25-27-29-31-32-33-34-35-37-39-42-45-48-51-54-57-60-67(77)83-70-69(79)68(78)66(61-74)82-72(70)81-62-63(64(75)58-55-52-49-46-43-40-24-21-18-15-12-9-6-3)73-71(80)65(76)59-56-53-50-47-44-41-38-36-30-28-26-23-20-17-14-11-8-5-2/h7-8,10-11,16-17,19-20,25-28,31-32,34-36,38,44,47,55,58,63-66,68-70,72,74-76,78-79H,4-6,9,12-15,18,21-24,29-30,33,37,39-43,45-46,48-54,56-57,59-62H2,1-3H3,(H,73,80)/b10-7-,11-8-,19-16-,20-17-,27-25-,28-26-,32-31-,35-34-,38-36-,47-44-,58-55+. The Hall–Kier alpha value is -4.20. The van der Waals surface area contributed by atoms with Crippen LogP contribution in [0, 0.1) is 0 Å². The Morgan fingerprint density at radius 2 is 0.867 bits per heavy atom. The molecule has 0 saturated carbocycles. The number of amides is 1. The Bertz CT molecular complexity index is 1860. The molecule has 1 rings (SSSR count). The van der Waals surface area contributed by atoms with E-state index < -0.39 is 67.4 Å². The molecule has 0 aromatic carbocycles. The molecule has 1 amide bonds. The van der Waals surface area contributed by atoms with Crippen molar-refractivity contribution in [3.8, 4) is 0 Å². The maximum absolute atomic E-state index is 13.4. The molecule has 1 aliphatic rings. The SMILES string of the molecule is CC/C=C\C/C=C\C/C=C\C/C=C\C/C=C\CCCCCCCCCC(=O)OC1C(OCC(NC(=O)C(O)CCCC/C=C\C/C=C\C/C=C\C/C=C\C/C=C\CC)C(O)/C=C/CCCCCCCCCCCCC)OC(CO)C(O)C1O. The molecule has 83 heavy (non-hydrogen) atoms. The van der Waals surface area contributed by atoms with E-state index in [4.69, 9.17) is 14.2 Å². The fourth-order valence-electron chi connectivity index (χ4n) is 9.41. The van der Waals surface area contributed by atoms with Gasteiger partial charge in [0.05, 0.1) is 25.4 Å². The van der Waals surface area contributed by atoms with Gasteiger partial charge in [0.15, 0.2) is 12.4 Å². The summed E-state index contributed by atoms with van der Waals surface area (Å²) in [4.78, 5) is 26.6. The fourth-order valence-corrected chi connectivity index (χ4v) is 9.41. The average molecular weight is 1160 g/mol. The van der Waals surface area contributed by atoms with E-state index in [1.807, 2.05) is 6.08 Å². The van der Waals surface area contributed by atoms with Gasteiger partial charge < -0.3 is 45.1 Å². The van der Waals surface area contributed by atoms with Gasteiger partial charge in [-0.2, -0.15) is 0 Å². The lowest BCUT2D eigenvalue weighted by atomic mass is 9.99. The average Bonchev–Trinajstić information content (AvgIpc) is 3.50. The van der Waals surface area contributed by atoms with Crippen LogP contribution in [-0.2, 0) is 23.8 Å². The van der Waals surface area contributed by atoms with Crippen LogP contribution < -0.4 is 5.32 Å². The lowest BCUT2D eigenvalue weighted by Crippen LogP contribution is -2.61. The fraction of sp³-hybridized carbons (Fsp3) is 0.667. The first-order valence-corrected chi connectivity index (χ1v) is 33.0. The summed E-state index contributed by atoms with van der Waals surface area (Å²) in [6.07, 6.45) is 71.9. The molecule has 8 atom stereocenters. The predicted octanol–water partition coefficient (Wildman–Crippen LogP) is 16.4. The summed E-state index contributed by atoms with van der Waals surface area (Å²) in [5, 5.41) is 57.1. The highest BCUT2D eigenvalue weighted by molar-refractivity contribution is 5.80. The van der Waals surface area contributed by atoms with Gasteiger partial charge in [-0.25, -0.2) is 0 Å². The Morgan fingerprint density at radius 3 is 1.30 bits per heavy atom. The summed E-state index contributed by atoms with van der Waals surface area (Å²) < 4.78 is 17.6. The van der Waals surface area contributed by atoms with Crippen molar-refractivity contribution in [3.05, 3.63) is 134 Å². The summed E-state index contributed by atoms with van der Waals surface area (Å²) >= 11 is 0. The second-order valence-corrected chi connectivity index (χ2v) is 22.1. The molecule has 0 bridgehead atoms. The summed E-state index contributed by atoms with van der Waals surface area (Å²) in [6.45, 7) is 5.53. The summed E-state index contributed by atoms with van der Waals surface area (Å²) in [5.41, 5.74) is 0. The van der Waals surface area contributed by atoms with E-state index in [9.17, 15) is 35.1 Å². The minimum absolute atomic E-state index is 0.0983. The van der Waals surface area contributed by atoms with E-state index in [-0.39, 0.29) is 19.4 Å². The van der Waals surface area contributed by atoms with Crippen LogP contribution in [0.5, 0.6) is 0 Å². The number of nitrogens with one attached hydrogen (secondary N) is 1. The second kappa shape index (κ2) is 58.2. The molecule has 11 heteroatoms. The first kappa shape index (κ1) is 76.8. The number of allylic oxidation sites excluding steroid dienone is 21. The van der Waals surface area contributed by atoms with Crippen LogP contribution in [0.2, 0.25) is 0 Å². The van der Waals surface area contributed by atoms with Gasteiger partial charge in [-0.3, -0.25) is 9.59 Å². The van der Waals surface area contributed by atoms with Crippen molar-refractivity contribution in [2.75, 3.05) is 13.2 Å². The molecule has 1 fully saturated rings. The third-order valence-electron chi connectivity index (χ3n) is 14.5. The Morgan fingerprint density at radius 1 is 0.482 bits per heavy atom. The number of aliphatic hydroxyl groups is 5. The van der Waals surface area contributed by atoms with Crippen LogP contribution in [0.1, 0.15) is 245 Å². The molecule has 0 spiro atoms. The van der Waals surface area contributed by atoms with E-state index in [0.29, 0.717) is 12.8 Å². The number of carbonyl (C=O) groups excluding carboxylic acids is 2. The molecule has 0 radical (unpaired) electrons. The zero-order chi connectivity index (χ0) is 60.3. The second-order valence-electron chi connectivity index (χ2n) is 22.1. The van der Waals surface area contributed by atoms with Crippen molar-refractivity contribution < 1.29 is 49.3 Å². The first-order chi connectivity index (χ1) is 40.7. The van der Waals surface area contributed by atoms with Gasteiger partial charge in [0.2, 0.25) is 5.91 Å². The van der Waals surface area contributed by atoms with Crippen LogP contribution in [0.25, 0.3) is 0 Å². The van der Waals surface area contributed by atoms with E-state index in [0.717, 1.165) is 148 Å². The van der Waals surface area contributed by atoms with E-state index in [1.54, 1.807) is 6.08 Å². The normalized spacial score (nSPS) is 19.4. The third-order valence-corrected chi connectivity index (χ3v) is 14.5. The van der Waals surface area contributed by atoms with Crippen LogP contribution >= 0.6 is 0 Å². The molecule has 0 aliphatic carbocycles. The van der Waals surface area contributed by atoms with Crippen molar-refractivity contribution >= 4 is 11.9 Å². The van der Waals surface area contributed by atoms with Gasteiger partial charge in [-0.15, -0.1) is 0 Å². The number of carbonyl (C=O) groups is 2. The Balaban J connectivity index is 2.68. The number of unbranched alkanes of at least 4 members (excludes halogenated alkanes) is 20. The zero-order valence-corrected chi connectivity index (χ0v) is 52.3. The highest BCUT2D eigenvalue weighted by Crippen LogP contribution is 2.26. The Kier molecular flexibility index (Phi) is 53.9. The molecule has 8 unspecified atom stereocenters. The molecule has 1 saturated heterocycles. The third kappa shape index (κ3) is 45.8. The molecular weight excluding hydrogens is 1040 g/mol. The molecule has 0 aromatic rings. The van der Waals surface area contributed by atoms with E-state index >= 15 is 0 Å². The maximum Gasteiger partial charge on any atom is 0.306 e. The Labute approximate surface area is 505 Å². The van der Waals surface area contributed by atoms with Crippen LogP contribution in [0.15, 0.2) is 134 Å². The molecular formula is C72H119NO10. The highest BCUT2D eigenvalue weighted by Gasteiger charge is 2.47. The van der Waals surface area contributed by atoms with Crippen molar-refractivity contribution in [1.82, 2.24) is 5.32 Å². The van der Waals surface area contributed by atoms with Gasteiger partial charge in [-0.05, 0) is 116 Å². The topological polar surface area (TPSA) is 175 Å². The quantitative estimate of drug-likeness (QED) is 0.0195. The number of hydrogen-bond acceptors (Lipinski definition) is 10. The lowest BCUT2D eigenvalue weighted by Gasteiger charge is -2.41. The van der Waals surface area contributed by atoms with E-state index in [1.165, 1.54) is 51.4 Å². The lowest BCUT2D eigenvalue weighted by molar-refractivity contribution is -0.305. The van der Waals surface area contributed by atoms with Gasteiger partial charge in [0, 0.05) is 6.42 Å². The van der Waals surface area contributed by atoms with Gasteiger partial charge in [0.1, 0.15) is 24.4 Å². The van der Waals surface area contributed by atoms with Gasteiger partial charge in [-0.1, -0.05) is 257 Å². The van der Waals surface area contributed by atoms with Crippen molar-refractivity contribution in [2.24, 2.45) is 0 Å². The first-order valence-electron chi connectivity index (χ1n) is 33.0. The summed E-state index contributed by atoms with van der Waals surface area (Å²) in [5.74, 6) is -1.25. The molecule has 472 valence electrons. The number of esters is 1. The molecule has 0 aromatic heterocycles. The monoisotopic (exact) mass is 1160 g/mol. The molecule has 1 heterocycles. The van der Waals surface area contributed by atoms with Crippen molar-refractivity contribution in [1.29, 1.82) is 0 Å². The minimum Gasteiger partial charge on any atom is -0.454 e. The number of aliphatic hydroxyl groups excluding tert-OH is 5. The van der Waals surface area contributed by atoms with Gasteiger partial charge in [0.25, 0.3) is 0 Å². The molecule has 1 aliphatic heterocycles. The zero-order valence-electron chi connectivity index (χ0n) is 52.3. The van der Waals surface area contributed by atoms with Gasteiger partial charge >= 0.3 is 5.97 Å². The van der Waals surface area contributed by atoms with Crippen molar-refractivity contribution in [3.63, 3.8) is 0 Å². The largest absolute Gasteiger partial charge is 0.454 e. The van der Waals surface area contributed by atoms with Crippen molar-refractivity contribution in [2.45, 2.75) is 294 Å². The number of ether oxygens (including phenoxy) is 3. The number of hydrogen-bond donors (Lipinski definition) is 6. The highest BCUT2D eigenvalue weighted by atomic mass is 16.7. The predicted molar refractivity (Wildman–Crippen MR) is 347 cm³/mol. The van der Waals surface area contributed by atoms with Crippen LogP contribution in [0.3, 0.4) is 0 Å². The molecule has 11 nitrogen and oxygen atoms in total. The minimum atomic E-state index is -1.63. The smallest absolute Gasteiger partial charge is 0.306 e. The molecule has 6 N–H and O–H groups in total. The van der Waals surface area contributed by atoms with Crippen LogP contribution in [-0.4, -0.2) is 99.6 Å². The number of rotatable bonds is 54. The summed E-state index contributed by atoms with van der Waals surface area (Å²) in [6, 6.07) is -1.05.